The highest BCUT2D eigenvalue weighted by Crippen LogP contribution is 2.14. The molecule has 2 atom stereocenters. The van der Waals surface area contributed by atoms with Gasteiger partial charge in [-0.15, -0.1) is 0 Å². The minimum absolute atomic E-state index is 0.0258. The van der Waals surface area contributed by atoms with E-state index in [1.165, 1.54) is 44.9 Å². The quantitative estimate of drug-likeness (QED) is 0.0433. The second kappa shape index (κ2) is 41.6. The maximum Gasteiger partial charge on any atom is 0.303 e. The SMILES string of the molecule is CN[C@@H](CCCCNC(=O)COCCOCCNC(=O)COCCOCCNC(=O)[C@H](CCC(=O)O)NC(=O)CCCCCCCCCCCCCCCCC(=O)O)C(C)=O. The fourth-order valence-corrected chi connectivity index (χ4v) is 6.24. The predicted molar refractivity (Wildman–Crippen MR) is 230 cm³/mol. The van der Waals surface area contributed by atoms with Crippen LogP contribution in [0.25, 0.3) is 0 Å². The third-order valence-corrected chi connectivity index (χ3v) is 9.75. The van der Waals surface area contributed by atoms with Crippen molar-refractivity contribution in [3.05, 3.63) is 0 Å². The second-order valence-electron chi connectivity index (χ2n) is 15.2. The Balaban J connectivity index is 3.82. The van der Waals surface area contributed by atoms with Gasteiger partial charge in [0.15, 0.2) is 0 Å². The van der Waals surface area contributed by atoms with Crippen molar-refractivity contribution >= 4 is 41.4 Å². The first-order valence-corrected chi connectivity index (χ1v) is 22.5. The van der Waals surface area contributed by atoms with E-state index in [1.54, 1.807) is 14.0 Å². The Bertz CT molecular complexity index is 1190. The van der Waals surface area contributed by atoms with Gasteiger partial charge in [-0.3, -0.25) is 33.6 Å². The van der Waals surface area contributed by atoms with Crippen LogP contribution in [0.15, 0.2) is 0 Å². The van der Waals surface area contributed by atoms with Gasteiger partial charge in [0.25, 0.3) is 0 Å². The number of carbonyl (C=O) groups is 7. The maximum atomic E-state index is 12.7. The van der Waals surface area contributed by atoms with Gasteiger partial charge < -0.3 is 55.7 Å². The molecule has 0 aromatic rings. The van der Waals surface area contributed by atoms with Crippen LogP contribution in [0.1, 0.15) is 142 Å². The van der Waals surface area contributed by atoms with Crippen molar-refractivity contribution in [2.75, 3.05) is 79.5 Å². The van der Waals surface area contributed by atoms with Crippen molar-refractivity contribution in [1.82, 2.24) is 26.6 Å². The zero-order chi connectivity index (χ0) is 45.2. The Morgan fingerprint density at radius 1 is 0.443 bits per heavy atom. The first-order valence-electron chi connectivity index (χ1n) is 22.5. The lowest BCUT2D eigenvalue weighted by Crippen LogP contribution is -2.47. The molecule has 0 saturated carbocycles. The van der Waals surface area contributed by atoms with Gasteiger partial charge in [0.1, 0.15) is 25.0 Å². The number of hydrogen-bond acceptors (Lipinski definition) is 12. The monoisotopic (exact) mass is 874 g/mol. The molecular weight excluding hydrogens is 794 g/mol. The number of amides is 4. The van der Waals surface area contributed by atoms with Crippen molar-refractivity contribution in [3.63, 3.8) is 0 Å². The molecule has 0 aliphatic heterocycles. The number of unbranched alkanes of at least 4 members (excludes halogenated alkanes) is 14. The summed E-state index contributed by atoms with van der Waals surface area (Å²) in [5, 5.41) is 31.5. The standard InChI is InChI=1S/C43H79N5O13/c1-35(49)36(44-2)19-17-18-24-45-39(51)33-60-31-29-58-27-25-46-40(52)34-61-32-30-59-28-26-47-43(57)37(22-23-42(55)56)48-38(50)20-15-13-11-9-7-5-3-4-6-8-10-12-14-16-21-41(53)54/h36-37,44H,3-34H2,1-2H3,(H,45,51)(H,46,52)(H,47,57)(H,48,50)(H,53,54)(H,55,56)/t36-,37-/m0/s1. The predicted octanol–water partition coefficient (Wildman–Crippen LogP) is 3.42. The van der Waals surface area contributed by atoms with E-state index in [-0.39, 0.29) is 121 Å². The van der Waals surface area contributed by atoms with Crippen LogP contribution in [0.3, 0.4) is 0 Å². The van der Waals surface area contributed by atoms with Crippen LogP contribution in [0.4, 0.5) is 0 Å². The Hall–Kier alpha value is -3.71. The lowest BCUT2D eigenvalue weighted by Gasteiger charge is -2.18. The van der Waals surface area contributed by atoms with Crippen molar-refractivity contribution in [2.24, 2.45) is 0 Å². The van der Waals surface area contributed by atoms with Gasteiger partial charge in [-0.1, -0.05) is 77.0 Å². The van der Waals surface area contributed by atoms with Gasteiger partial charge in [-0.2, -0.15) is 0 Å². The molecule has 0 spiro atoms. The number of hydrogen-bond donors (Lipinski definition) is 7. The molecule has 0 aromatic heterocycles. The molecular formula is C43H79N5O13. The van der Waals surface area contributed by atoms with Crippen LogP contribution in [-0.4, -0.2) is 143 Å². The third-order valence-electron chi connectivity index (χ3n) is 9.75. The zero-order valence-corrected chi connectivity index (χ0v) is 37.2. The molecule has 0 aromatic carbocycles. The average molecular weight is 874 g/mol. The highest BCUT2D eigenvalue weighted by molar-refractivity contribution is 5.88. The average Bonchev–Trinajstić information content (AvgIpc) is 3.22. The van der Waals surface area contributed by atoms with Crippen LogP contribution >= 0.6 is 0 Å². The highest BCUT2D eigenvalue weighted by Gasteiger charge is 2.21. The van der Waals surface area contributed by atoms with Crippen molar-refractivity contribution in [1.29, 1.82) is 0 Å². The zero-order valence-electron chi connectivity index (χ0n) is 37.2. The molecule has 0 unspecified atom stereocenters. The van der Waals surface area contributed by atoms with Gasteiger partial charge in [0, 0.05) is 38.9 Å². The van der Waals surface area contributed by atoms with Gasteiger partial charge in [-0.05, 0) is 52.5 Å². The summed E-state index contributed by atoms with van der Waals surface area (Å²) < 4.78 is 21.4. The van der Waals surface area contributed by atoms with E-state index < -0.39 is 23.9 Å². The molecule has 0 heterocycles. The molecule has 0 bridgehead atoms. The number of ether oxygens (including phenoxy) is 4. The summed E-state index contributed by atoms with van der Waals surface area (Å²) in [6.07, 6.45) is 17.6. The number of carbonyl (C=O) groups excluding carboxylic acids is 5. The summed E-state index contributed by atoms with van der Waals surface area (Å²) in [5.41, 5.74) is 0. The van der Waals surface area contributed by atoms with Crippen LogP contribution < -0.4 is 26.6 Å². The fraction of sp³-hybridized carbons (Fsp3) is 0.837. The molecule has 0 radical (unpaired) electrons. The topological polar surface area (TPSA) is 257 Å². The number of carboxylic acids is 2. The van der Waals surface area contributed by atoms with Gasteiger partial charge in [-0.25, -0.2) is 0 Å². The lowest BCUT2D eigenvalue weighted by atomic mass is 10.0. The Morgan fingerprint density at radius 2 is 0.885 bits per heavy atom. The van der Waals surface area contributed by atoms with Crippen LogP contribution in [0.2, 0.25) is 0 Å². The van der Waals surface area contributed by atoms with E-state index in [4.69, 9.17) is 29.2 Å². The number of ketones is 1. The first kappa shape index (κ1) is 57.3. The van der Waals surface area contributed by atoms with E-state index in [1.807, 2.05) is 0 Å². The summed E-state index contributed by atoms with van der Waals surface area (Å²) in [6, 6.07) is -1.11. The van der Waals surface area contributed by atoms with Gasteiger partial charge in [0.2, 0.25) is 23.6 Å². The van der Waals surface area contributed by atoms with E-state index >= 15 is 0 Å². The highest BCUT2D eigenvalue weighted by atomic mass is 16.5. The fourth-order valence-electron chi connectivity index (χ4n) is 6.24. The van der Waals surface area contributed by atoms with Crippen molar-refractivity contribution < 1.29 is 62.7 Å². The molecule has 0 aliphatic rings. The summed E-state index contributed by atoms with van der Waals surface area (Å²) in [4.78, 5) is 82.1. The molecule has 0 rings (SSSR count). The number of aliphatic carboxylic acids is 2. The smallest absolute Gasteiger partial charge is 0.303 e. The molecule has 0 aliphatic carbocycles. The lowest BCUT2D eigenvalue weighted by molar-refractivity contribution is -0.138. The molecule has 61 heavy (non-hydrogen) atoms. The minimum atomic E-state index is -1.06. The molecule has 0 saturated heterocycles. The summed E-state index contributed by atoms with van der Waals surface area (Å²) in [7, 11) is 1.75. The minimum Gasteiger partial charge on any atom is -0.481 e. The maximum absolute atomic E-state index is 12.7. The summed E-state index contributed by atoms with van der Waals surface area (Å²) >= 11 is 0. The van der Waals surface area contributed by atoms with E-state index in [9.17, 15) is 33.6 Å². The molecule has 4 amide bonds. The van der Waals surface area contributed by atoms with Crippen molar-refractivity contribution in [3.8, 4) is 0 Å². The first-order chi connectivity index (χ1) is 29.5. The van der Waals surface area contributed by atoms with Crippen LogP contribution in [0.5, 0.6) is 0 Å². The number of likely N-dealkylation sites (N-methyl/N-ethyl adjacent to an activating group) is 1. The summed E-state index contributed by atoms with van der Waals surface area (Å²) in [5.74, 6) is -2.98. The number of carboxylic acid groups (broad SMARTS) is 2. The van der Waals surface area contributed by atoms with Crippen LogP contribution in [0, 0.1) is 0 Å². The van der Waals surface area contributed by atoms with E-state index in [0.29, 0.717) is 13.0 Å². The van der Waals surface area contributed by atoms with Crippen LogP contribution in [-0.2, 0) is 52.5 Å². The van der Waals surface area contributed by atoms with Gasteiger partial charge >= 0.3 is 11.9 Å². The van der Waals surface area contributed by atoms with E-state index in [2.05, 4.69) is 26.6 Å². The Labute approximate surface area is 363 Å². The molecule has 18 nitrogen and oxygen atoms in total. The molecule has 0 fully saturated rings. The molecule has 354 valence electrons. The Morgan fingerprint density at radius 3 is 1.36 bits per heavy atom. The van der Waals surface area contributed by atoms with E-state index in [0.717, 1.165) is 57.8 Å². The second-order valence-corrected chi connectivity index (χ2v) is 15.2. The van der Waals surface area contributed by atoms with Crippen molar-refractivity contribution in [2.45, 2.75) is 154 Å². The number of rotatable bonds is 45. The third kappa shape index (κ3) is 40.1. The number of nitrogens with one attached hydrogen (secondary N) is 5. The largest absolute Gasteiger partial charge is 0.481 e. The van der Waals surface area contributed by atoms with Gasteiger partial charge in [0.05, 0.1) is 45.7 Å². The normalized spacial score (nSPS) is 12.0. The Kier molecular flexibility index (Phi) is 39.1. The number of Topliss-reactive ketones (excluding diaryl/α,β-unsaturated/α-hetero) is 1. The molecule has 18 heteroatoms. The molecule has 7 N–H and O–H groups in total. The summed E-state index contributed by atoms with van der Waals surface area (Å²) in [6.45, 7) is 3.48.